The van der Waals surface area contributed by atoms with Crippen molar-refractivity contribution in [2.75, 3.05) is 11.9 Å². The third kappa shape index (κ3) is 4.06. The molecule has 0 heterocycles. The second kappa shape index (κ2) is 6.33. The number of anilines is 1. The Hall–Kier alpha value is -1.88. The van der Waals surface area contributed by atoms with Gasteiger partial charge in [0.2, 0.25) is 5.91 Å². The standard InChI is InChI=1S/C14H20N2O3/c1-4-14(3,15)13(18)16-11-8-6-10(7-9-11)12(17)19-5-2/h6-9H,4-5,15H2,1-3H3,(H,16,18). The van der Waals surface area contributed by atoms with E-state index in [9.17, 15) is 9.59 Å². The Balaban J connectivity index is 2.72. The van der Waals surface area contributed by atoms with E-state index in [4.69, 9.17) is 10.5 Å². The van der Waals surface area contributed by atoms with Crippen LogP contribution in [0.5, 0.6) is 0 Å². The average molecular weight is 264 g/mol. The molecule has 0 aliphatic rings. The molecular formula is C14H20N2O3. The number of carbonyl (C=O) groups excluding carboxylic acids is 2. The van der Waals surface area contributed by atoms with Gasteiger partial charge in [-0.25, -0.2) is 4.79 Å². The molecule has 5 nitrogen and oxygen atoms in total. The Kier molecular flexibility index (Phi) is 5.06. The van der Waals surface area contributed by atoms with Gasteiger partial charge in [0.25, 0.3) is 0 Å². The quantitative estimate of drug-likeness (QED) is 0.796. The van der Waals surface area contributed by atoms with Gasteiger partial charge >= 0.3 is 5.97 Å². The van der Waals surface area contributed by atoms with Crippen molar-refractivity contribution in [3.63, 3.8) is 0 Å². The number of esters is 1. The first-order chi connectivity index (χ1) is 8.90. The highest BCUT2D eigenvalue weighted by atomic mass is 16.5. The number of amides is 1. The van der Waals surface area contributed by atoms with Crippen LogP contribution >= 0.6 is 0 Å². The van der Waals surface area contributed by atoms with Crippen molar-refractivity contribution in [2.24, 2.45) is 5.73 Å². The molecular weight excluding hydrogens is 244 g/mol. The molecule has 5 heteroatoms. The zero-order chi connectivity index (χ0) is 14.5. The van der Waals surface area contributed by atoms with E-state index in [1.807, 2.05) is 6.92 Å². The lowest BCUT2D eigenvalue weighted by Crippen LogP contribution is -2.47. The Labute approximate surface area is 113 Å². The van der Waals surface area contributed by atoms with Gasteiger partial charge in [-0.15, -0.1) is 0 Å². The third-order valence-electron chi connectivity index (χ3n) is 2.91. The summed E-state index contributed by atoms with van der Waals surface area (Å²) in [6.07, 6.45) is 0.541. The van der Waals surface area contributed by atoms with Crippen LogP contribution in [0, 0.1) is 0 Å². The topological polar surface area (TPSA) is 81.4 Å². The number of nitrogens with one attached hydrogen (secondary N) is 1. The summed E-state index contributed by atoms with van der Waals surface area (Å²) in [5, 5.41) is 2.72. The highest BCUT2D eigenvalue weighted by molar-refractivity contribution is 5.98. The summed E-state index contributed by atoms with van der Waals surface area (Å²) in [4.78, 5) is 23.3. The van der Waals surface area contributed by atoms with Gasteiger partial charge in [-0.3, -0.25) is 4.79 Å². The van der Waals surface area contributed by atoms with Gasteiger partial charge in [0.15, 0.2) is 0 Å². The van der Waals surface area contributed by atoms with Crippen molar-refractivity contribution in [3.05, 3.63) is 29.8 Å². The molecule has 0 fully saturated rings. The van der Waals surface area contributed by atoms with Crippen LogP contribution in [0.2, 0.25) is 0 Å². The molecule has 1 aromatic rings. The molecule has 0 saturated heterocycles. The molecule has 3 N–H and O–H groups in total. The second-order valence-electron chi connectivity index (χ2n) is 4.52. The minimum absolute atomic E-state index is 0.251. The Morgan fingerprint density at radius 1 is 1.26 bits per heavy atom. The van der Waals surface area contributed by atoms with Gasteiger partial charge in [-0.2, -0.15) is 0 Å². The number of hydrogen-bond donors (Lipinski definition) is 2. The van der Waals surface area contributed by atoms with E-state index in [0.717, 1.165) is 0 Å². The summed E-state index contributed by atoms with van der Waals surface area (Å²) in [7, 11) is 0. The van der Waals surface area contributed by atoms with E-state index in [2.05, 4.69) is 5.32 Å². The first kappa shape index (κ1) is 15.2. The number of rotatable bonds is 5. The molecule has 0 aliphatic carbocycles. The summed E-state index contributed by atoms with van der Waals surface area (Å²) in [5.74, 6) is -0.628. The summed E-state index contributed by atoms with van der Waals surface area (Å²) >= 11 is 0. The molecule has 0 aliphatic heterocycles. The van der Waals surface area contributed by atoms with Crippen LogP contribution in [0.3, 0.4) is 0 Å². The summed E-state index contributed by atoms with van der Waals surface area (Å²) in [5.41, 5.74) is 5.99. The monoisotopic (exact) mass is 264 g/mol. The molecule has 1 amide bonds. The van der Waals surface area contributed by atoms with Crippen LogP contribution in [-0.2, 0) is 9.53 Å². The minimum atomic E-state index is -0.903. The van der Waals surface area contributed by atoms with Gasteiger partial charge in [0, 0.05) is 5.69 Å². The lowest BCUT2D eigenvalue weighted by atomic mass is 9.99. The minimum Gasteiger partial charge on any atom is -0.462 e. The number of benzene rings is 1. The van der Waals surface area contributed by atoms with E-state index in [-0.39, 0.29) is 11.9 Å². The zero-order valence-electron chi connectivity index (χ0n) is 11.5. The molecule has 1 unspecified atom stereocenters. The SMILES string of the molecule is CCOC(=O)c1ccc(NC(=O)C(C)(N)CC)cc1. The van der Waals surface area contributed by atoms with Crippen molar-refractivity contribution in [1.82, 2.24) is 0 Å². The van der Waals surface area contributed by atoms with Crippen molar-refractivity contribution in [2.45, 2.75) is 32.7 Å². The van der Waals surface area contributed by atoms with Gasteiger partial charge in [0.1, 0.15) is 0 Å². The van der Waals surface area contributed by atoms with E-state index < -0.39 is 5.54 Å². The van der Waals surface area contributed by atoms with Crippen LogP contribution < -0.4 is 11.1 Å². The Bertz CT molecular complexity index is 452. The molecule has 19 heavy (non-hydrogen) atoms. The lowest BCUT2D eigenvalue weighted by molar-refractivity contribution is -0.120. The van der Waals surface area contributed by atoms with Crippen molar-refractivity contribution in [1.29, 1.82) is 0 Å². The largest absolute Gasteiger partial charge is 0.462 e. The molecule has 104 valence electrons. The Morgan fingerprint density at radius 3 is 2.32 bits per heavy atom. The predicted octanol–water partition coefficient (Wildman–Crippen LogP) is 1.93. The van der Waals surface area contributed by atoms with Gasteiger partial charge in [-0.05, 0) is 44.5 Å². The molecule has 0 radical (unpaired) electrons. The highest BCUT2D eigenvalue weighted by Crippen LogP contribution is 2.14. The molecule has 0 aromatic heterocycles. The molecule has 1 rings (SSSR count). The maximum Gasteiger partial charge on any atom is 0.338 e. The van der Waals surface area contributed by atoms with E-state index in [0.29, 0.717) is 24.3 Å². The number of ether oxygens (including phenoxy) is 1. The smallest absolute Gasteiger partial charge is 0.338 e. The summed E-state index contributed by atoms with van der Waals surface area (Å²) in [6.45, 7) is 5.61. The maximum atomic E-state index is 11.9. The van der Waals surface area contributed by atoms with E-state index >= 15 is 0 Å². The van der Waals surface area contributed by atoms with Crippen molar-refractivity contribution < 1.29 is 14.3 Å². The van der Waals surface area contributed by atoms with Gasteiger partial charge in [-0.1, -0.05) is 6.92 Å². The summed E-state index contributed by atoms with van der Waals surface area (Å²) in [6, 6.07) is 6.51. The van der Waals surface area contributed by atoms with E-state index in [1.165, 1.54) is 0 Å². The molecule has 0 saturated carbocycles. The fourth-order valence-corrected chi connectivity index (χ4v) is 1.34. The zero-order valence-corrected chi connectivity index (χ0v) is 11.5. The number of nitrogens with two attached hydrogens (primary N) is 1. The normalized spacial score (nSPS) is 13.5. The maximum absolute atomic E-state index is 11.9. The molecule has 1 aromatic carbocycles. The molecule has 0 bridgehead atoms. The van der Waals surface area contributed by atoms with Gasteiger partial charge < -0.3 is 15.8 Å². The molecule has 0 spiro atoms. The van der Waals surface area contributed by atoms with Crippen LogP contribution in [0.25, 0.3) is 0 Å². The van der Waals surface area contributed by atoms with Crippen LogP contribution in [0.4, 0.5) is 5.69 Å². The average Bonchev–Trinajstić information content (AvgIpc) is 2.39. The highest BCUT2D eigenvalue weighted by Gasteiger charge is 2.25. The van der Waals surface area contributed by atoms with Crippen LogP contribution in [0.15, 0.2) is 24.3 Å². The fourth-order valence-electron chi connectivity index (χ4n) is 1.34. The van der Waals surface area contributed by atoms with Crippen molar-refractivity contribution in [3.8, 4) is 0 Å². The third-order valence-corrected chi connectivity index (χ3v) is 2.91. The number of carbonyl (C=O) groups is 2. The fraction of sp³-hybridized carbons (Fsp3) is 0.429. The molecule has 1 atom stereocenters. The first-order valence-electron chi connectivity index (χ1n) is 6.28. The number of hydrogen-bond acceptors (Lipinski definition) is 4. The second-order valence-corrected chi connectivity index (χ2v) is 4.52. The first-order valence-corrected chi connectivity index (χ1v) is 6.28. The van der Waals surface area contributed by atoms with E-state index in [1.54, 1.807) is 38.1 Å². The van der Waals surface area contributed by atoms with Gasteiger partial charge in [0.05, 0.1) is 17.7 Å². The van der Waals surface area contributed by atoms with Crippen LogP contribution in [-0.4, -0.2) is 24.0 Å². The predicted molar refractivity (Wildman–Crippen MR) is 73.9 cm³/mol. The lowest BCUT2D eigenvalue weighted by Gasteiger charge is -2.21. The Morgan fingerprint density at radius 2 is 1.84 bits per heavy atom. The summed E-state index contributed by atoms with van der Waals surface area (Å²) < 4.78 is 4.87. The van der Waals surface area contributed by atoms with Crippen molar-refractivity contribution >= 4 is 17.6 Å². The van der Waals surface area contributed by atoms with Crippen LogP contribution in [0.1, 0.15) is 37.6 Å².